The lowest BCUT2D eigenvalue weighted by molar-refractivity contribution is -0.140. The van der Waals surface area contributed by atoms with Gasteiger partial charge in [0.2, 0.25) is 11.8 Å². The van der Waals surface area contributed by atoms with Gasteiger partial charge in [-0.2, -0.15) is 0 Å². The smallest absolute Gasteiger partial charge is 0.264 e. The Labute approximate surface area is 282 Å². The van der Waals surface area contributed by atoms with Crippen LogP contribution < -0.4 is 9.62 Å². The lowest BCUT2D eigenvalue weighted by Crippen LogP contribution is -2.53. The van der Waals surface area contributed by atoms with E-state index in [0.29, 0.717) is 39.8 Å². The summed E-state index contributed by atoms with van der Waals surface area (Å²) < 4.78 is 29.7. The third-order valence-corrected chi connectivity index (χ3v) is 10.2. The highest BCUT2D eigenvalue weighted by Gasteiger charge is 2.35. The number of carbonyl (C=O) groups is 2. The predicted octanol–water partition coefficient (Wildman–Crippen LogP) is 7.28. The SMILES string of the molecule is CCCNC(=O)[C@@H](Cc1ccccc1)N(Cc1ccc(Cl)c(Cl)c1)C(=O)CN(c1cc(C)ccc1C)S(=O)(=O)c1ccc(C)cc1. The Balaban J connectivity index is 1.84. The highest BCUT2D eigenvalue weighted by molar-refractivity contribution is 7.92. The minimum absolute atomic E-state index is 0.00200. The van der Waals surface area contributed by atoms with Gasteiger partial charge in [-0.05, 0) is 79.8 Å². The van der Waals surface area contributed by atoms with E-state index in [0.717, 1.165) is 21.0 Å². The number of amides is 2. The molecule has 4 rings (SSSR count). The van der Waals surface area contributed by atoms with Gasteiger partial charge in [-0.1, -0.05) is 96.4 Å². The summed E-state index contributed by atoms with van der Waals surface area (Å²) in [6.45, 7) is 7.39. The average Bonchev–Trinajstić information content (AvgIpc) is 3.03. The van der Waals surface area contributed by atoms with E-state index in [9.17, 15) is 18.0 Å². The monoisotopic (exact) mass is 679 g/mol. The molecule has 0 aromatic heterocycles. The molecule has 7 nitrogen and oxygen atoms in total. The molecule has 242 valence electrons. The standard InChI is InChI=1S/C36H39Cl2N3O4S/c1-5-19-39-36(43)34(22-28-9-7-6-8-10-28)40(23-29-15-18-31(37)32(38)21-29)35(42)24-41(33-20-26(3)11-14-27(33)4)46(44,45)30-16-12-25(2)13-17-30/h6-18,20-21,34H,5,19,22-24H2,1-4H3,(H,39,43)/t34-/m1/s1. The first-order valence-corrected chi connectivity index (χ1v) is 17.3. The van der Waals surface area contributed by atoms with Gasteiger partial charge in [-0.25, -0.2) is 8.42 Å². The fourth-order valence-electron chi connectivity index (χ4n) is 5.09. The fraction of sp³-hybridized carbons (Fsp3) is 0.278. The molecule has 1 atom stereocenters. The van der Waals surface area contributed by atoms with Crippen molar-refractivity contribution in [3.05, 3.63) is 129 Å². The second-order valence-electron chi connectivity index (χ2n) is 11.4. The number of aryl methyl sites for hydroxylation is 3. The normalized spacial score (nSPS) is 12.0. The molecule has 0 bridgehead atoms. The molecule has 0 saturated heterocycles. The molecular formula is C36H39Cl2N3O4S. The highest BCUT2D eigenvalue weighted by Crippen LogP contribution is 2.29. The molecule has 0 fully saturated rings. The van der Waals surface area contributed by atoms with Crippen LogP contribution in [0.1, 0.15) is 41.2 Å². The number of hydrogen-bond donors (Lipinski definition) is 1. The number of benzene rings is 4. The Morgan fingerprint density at radius 2 is 1.48 bits per heavy atom. The van der Waals surface area contributed by atoms with Gasteiger partial charge in [0.25, 0.3) is 10.0 Å². The lowest BCUT2D eigenvalue weighted by atomic mass is 10.0. The van der Waals surface area contributed by atoms with Crippen molar-refractivity contribution in [1.29, 1.82) is 0 Å². The number of sulfonamides is 1. The van der Waals surface area contributed by atoms with Crippen molar-refractivity contribution in [2.45, 2.75) is 58.0 Å². The number of anilines is 1. The van der Waals surface area contributed by atoms with Gasteiger partial charge in [0.1, 0.15) is 12.6 Å². The maximum atomic E-state index is 14.6. The van der Waals surface area contributed by atoms with Crippen LogP contribution in [-0.4, -0.2) is 44.3 Å². The molecule has 0 unspecified atom stereocenters. The molecule has 2 amide bonds. The van der Waals surface area contributed by atoms with Gasteiger partial charge in [0, 0.05) is 19.5 Å². The summed E-state index contributed by atoms with van der Waals surface area (Å²) in [7, 11) is -4.20. The number of nitrogens with one attached hydrogen (secondary N) is 1. The molecule has 0 radical (unpaired) electrons. The van der Waals surface area contributed by atoms with Crippen LogP contribution in [0.5, 0.6) is 0 Å². The van der Waals surface area contributed by atoms with Crippen molar-refractivity contribution in [2.75, 3.05) is 17.4 Å². The van der Waals surface area contributed by atoms with Gasteiger partial charge < -0.3 is 10.2 Å². The zero-order valence-corrected chi connectivity index (χ0v) is 28.8. The van der Waals surface area contributed by atoms with E-state index in [1.54, 1.807) is 43.3 Å². The largest absolute Gasteiger partial charge is 0.354 e. The summed E-state index contributed by atoms with van der Waals surface area (Å²) in [6.07, 6.45) is 0.928. The molecule has 46 heavy (non-hydrogen) atoms. The molecule has 0 aliphatic rings. The molecular weight excluding hydrogens is 641 g/mol. The Morgan fingerprint density at radius 3 is 2.13 bits per heavy atom. The summed E-state index contributed by atoms with van der Waals surface area (Å²) in [5, 5.41) is 3.61. The van der Waals surface area contributed by atoms with Crippen molar-refractivity contribution in [2.24, 2.45) is 0 Å². The Hall–Kier alpha value is -3.85. The number of halogens is 2. The first kappa shape index (κ1) is 35.0. The van der Waals surface area contributed by atoms with E-state index in [4.69, 9.17) is 23.2 Å². The van der Waals surface area contributed by atoms with E-state index in [1.165, 1.54) is 17.0 Å². The number of rotatable bonds is 13. The second-order valence-corrected chi connectivity index (χ2v) is 14.1. The molecule has 0 aliphatic carbocycles. The van der Waals surface area contributed by atoms with Crippen molar-refractivity contribution < 1.29 is 18.0 Å². The topological polar surface area (TPSA) is 86.8 Å². The van der Waals surface area contributed by atoms with Crippen LogP contribution in [0.3, 0.4) is 0 Å². The Kier molecular flexibility index (Phi) is 11.9. The van der Waals surface area contributed by atoms with Crippen LogP contribution >= 0.6 is 23.2 Å². The number of nitrogens with zero attached hydrogens (tertiary/aromatic N) is 2. The van der Waals surface area contributed by atoms with Crippen molar-refractivity contribution in [1.82, 2.24) is 10.2 Å². The highest BCUT2D eigenvalue weighted by atomic mass is 35.5. The van der Waals surface area contributed by atoms with Crippen LogP contribution in [-0.2, 0) is 32.6 Å². The fourth-order valence-corrected chi connectivity index (χ4v) is 6.88. The molecule has 10 heteroatoms. The van der Waals surface area contributed by atoms with E-state index >= 15 is 0 Å². The summed E-state index contributed by atoms with van der Waals surface area (Å²) in [5.74, 6) is -0.881. The van der Waals surface area contributed by atoms with E-state index in [-0.39, 0.29) is 23.8 Å². The number of hydrogen-bond acceptors (Lipinski definition) is 4. The molecule has 4 aromatic rings. The van der Waals surface area contributed by atoms with Crippen LogP contribution in [0, 0.1) is 20.8 Å². The minimum atomic E-state index is -4.20. The second kappa shape index (κ2) is 15.6. The van der Waals surface area contributed by atoms with Gasteiger partial charge in [-0.15, -0.1) is 0 Å². The molecule has 4 aromatic carbocycles. The molecule has 0 saturated carbocycles. The number of carbonyl (C=O) groups excluding carboxylic acids is 2. The van der Waals surface area contributed by atoms with Crippen LogP contribution in [0.2, 0.25) is 10.0 Å². The Bertz CT molecular complexity index is 1780. The first-order chi connectivity index (χ1) is 21.9. The molecule has 1 N–H and O–H groups in total. The average molecular weight is 681 g/mol. The molecule has 0 spiro atoms. The van der Waals surface area contributed by atoms with Gasteiger partial charge >= 0.3 is 0 Å². The third-order valence-electron chi connectivity index (χ3n) is 7.68. The maximum absolute atomic E-state index is 14.6. The zero-order valence-electron chi connectivity index (χ0n) is 26.5. The van der Waals surface area contributed by atoms with Crippen LogP contribution in [0.15, 0.2) is 95.9 Å². The van der Waals surface area contributed by atoms with Crippen molar-refractivity contribution in [3.63, 3.8) is 0 Å². The zero-order chi connectivity index (χ0) is 33.4. The van der Waals surface area contributed by atoms with Gasteiger partial charge in [-0.3, -0.25) is 13.9 Å². The van der Waals surface area contributed by atoms with Crippen LogP contribution in [0.25, 0.3) is 0 Å². The summed E-state index contributed by atoms with van der Waals surface area (Å²) in [5.41, 5.74) is 4.31. The van der Waals surface area contributed by atoms with E-state index in [2.05, 4.69) is 5.32 Å². The van der Waals surface area contributed by atoms with E-state index < -0.39 is 28.5 Å². The molecule has 0 aliphatic heterocycles. The first-order valence-electron chi connectivity index (χ1n) is 15.1. The summed E-state index contributed by atoms with van der Waals surface area (Å²) >= 11 is 12.5. The Morgan fingerprint density at radius 1 is 0.804 bits per heavy atom. The summed E-state index contributed by atoms with van der Waals surface area (Å²) in [4.78, 5) is 29.9. The van der Waals surface area contributed by atoms with Crippen LogP contribution in [0.4, 0.5) is 5.69 Å². The lowest BCUT2D eigenvalue weighted by Gasteiger charge is -2.34. The van der Waals surface area contributed by atoms with Crippen molar-refractivity contribution >= 4 is 50.7 Å². The predicted molar refractivity (Wildman–Crippen MR) is 186 cm³/mol. The minimum Gasteiger partial charge on any atom is -0.354 e. The van der Waals surface area contributed by atoms with Crippen molar-refractivity contribution in [3.8, 4) is 0 Å². The van der Waals surface area contributed by atoms with Gasteiger partial charge in [0.15, 0.2) is 0 Å². The third kappa shape index (κ3) is 8.69. The van der Waals surface area contributed by atoms with Gasteiger partial charge in [0.05, 0.1) is 20.6 Å². The summed E-state index contributed by atoms with van der Waals surface area (Å²) in [6, 6.07) is 25.5. The molecule has 0 heterocycles. The quantitative estimate of drug-likeness (QED) is 0.161. The maximum Gasteiger partial charge on any atom is 0.264 e. The van der Waals surface area contributed by atoms with E-state index in [1.807, 2.05) is 63.2 Å².